The molecule has 0 bridgehead atoms. The van der Waals surface area contributed by atoms with Crippen LogP contribution >= 0.6 is 0 Å². The molecule has 0 aliphatic carbocycles. The maximum absolute atomic E-state index is 5.44. The van der Waals surface area contributed by atoms with Crippen molar-refractivity contribution in [2.45, 2.75) is 13.0 Å². The van der Waals surface area contributed by atoms with E-state index in [1.807, 2.05) is 36.5 Å². The Labute approximate surface area is 124 Å². The Balaban J connectivity index is 1.95. The summed E-state index contributed by atoms with van der Waals surface area (Å²) in [6.45, 7) is 2.12. The molecule has 3 heteroatoms. The molecule has 21 heavy (non-hydrogen) atoms. The van der Waals surface area contributed by atoms with E-state index < -0.39 is 0 Å². The first-order valence-electron chi connectivity index (χ1n) is 7.03. The van der Waals surface area contributed by atoms with Gasteiger partial charge in [-0.15, -0.1) is 0 Å². The summed E-state index contributed by atoms with van der Waals surface area (Å²) < 4.78 is 5.44. The molecule has 0 fully saturated rings. The molecule has 3 aromatic rings. The molecule has 0 saturated heterocycles. The van der Waals surface area contributed by atoms with Gasteiger partial charge in [0.15, 0.2) is 0 Å². The van der Waals surface area contributed by atoms with Crippen LogP contribution < -0.4 is 10.1 Å². The molecule has 0 amide bonds. The molecule has 0 radical (unpaired) electrons. The van der Waals surface area contributed by atoms with E-state index in [0.717, 1.165) is 27.9 Å². The Kier molecular flexibility index (Phi) is 3.73. The average Bonchev–Trinajstić information content (AvgIpc) is 2.55. The molecule has 3 nitrogen and oxygen atoms in total. The number of anilines is 1. The average molecular weight is 278 g/mol. The second kappa shape index (κ2) is 5.83. The molecule has 3 rings (SSSR count). The van der Waals surface area contributed by atoms with Gasteiger partial charge in [-0.1, -0.05) is 36.4 Å². The zero-order valence-electron chi connectivity index (χ0n) is 12.2. The summed E-state index contributed by atoms with van der Waals surface area (Å²) in [4.78, 5) is 4.48. The van der Waals surface area contributed by atoms with E-state index in [1.54, 1.807) is 7.11 Å². The van der Waals surface area contributed by atoms with Gasteiger partial charge in [0.25, 0.3) is 0 Å². The van der Waals surface area contributed by atoms with Crippen molar-refractivity contribution in [3.05, 3.63) is 66.4 Å². The van der Waals surface area contributed by atoms with E-state index in [0.29, 0.717) is 0 Å². The highest BCUT2D eigenvalue weighted by Crippen LogP contribution is 2.29. The lowest BCUT2D eigenvalue weighted by molar-refractivity contribution is 0.408. The summed E-state index contributed by atoms with van der Waals surface area (Å²) in [6.07, 6.45) is 1.82. The first kappa shape index (κ1) is 13.4. The van der Waals surface area contributed by atoms with E-state index in [-0.39, 0.29) is 6.04 Å². The molecular weight excluding hydrogens is 260 g/mol. The molecule has 0 saturated carbocycles. The second-order valence-corrected chi connectivity index (χ2v) is 4.99. The van der Waals surface area contributed by atoms with E-state index in [4.69, 9.17) is 4.74 Å². The Hall–Kier alpha value is -2.55. The van der Waals surface area contributed by atoms with Gasteiger partial charge in [-0.2, -0.15) is 0 Å². The number of hydrogen-bond acceptors (Lipinski definition) is 3. The molecule has 0 aliphatic rings. The van der Waals surface area contributed by atoms with Gasteiger partial charge in [0.2, 0.25) is 0 Å². The number of pyridine rings is 1. The SMILES string of the molecule is COc1ccccc1C(C)Nc1cccc2cccnc12. The highest BCUT2D eigenvalue weighted by molar-refractivity contribution is 5.90. The Morgan fingerprint density at radius 3 is 2.67 bits per heavy atom. The normalized spacial score (nSPS) is 12.1. The molecular formula is C18H18N2O. The predicted molar refractivity (Wildman–Crippen MR) is 86.8 cm³/mol. The summed E-state index contributed by atoms with van der Waals surface area (Å²) in [5, 5.41) is 4.67. The summed E-state index contributed by atoms with van der Waals surface area (Å²) in [6, 6.07) is 18.4. The number of nitrogens with one attached hydrogen (secondary N) is 1. The van der Waals surface area contributed by atoms with Gasteiger partial charge >= 0.3 is 0 Å². The Bertz CT molecular complexity index is 750. The number of fused-ring (bicyclic) bond motifs is 1. The minimum atomic E-state index is 0.133. The number of nitrogens with zero attached hydrogens (tertiary/aromatic N) is 1. The van der Waals surface area contributed by atoms with Crippen molar-refractivity contribution in [3.8, 4) is 5.75 Å². The monoisotopic (exact) mass is 278 g/mol. The van der Waals surface area contributed by atoms with Crippen LogP contribution in [0.4, 0.5) is 5.69 Å². The number of aromatic nitrogens is 1. The molecule has 1 atom stereocenters. The van der Waals surface area contributed by atoms with Crippen LogP contribution in [0.3, 0.4) is 0 Å². The van der Waals surface area contributed by atoms with Gasteiger partial charge in [0.05, 0.1) is 24.4 Å². The highest BCUT2D eigenvalue weighted by atomic mass is 16.5. The summed E-state index contributed by atoms with van der Waals surface area (Å²) in [5.74, 6) is 0.894. The van der Waals surface area contributed by atoms with Crippen molar-refractivity contribution in [1.82, 2.24) is 4.98 Å². The van der Waals surface area contributed by atoms with Crippen LogP contribution in [0.5, 0.6) is 5.75 Å². The maximum Gasteiger partial charge on any atom is 0.124 e. The molecule has 1 aromatic heterocycles. The number of methoxy groups -OCH3 is 1. The maximum atomic E-state index is 5.44. The van der Waals surface area contributed by atoms with Crippen molar-refractivity contribution in [2.24, 2.45) is 0 Å². The zero-order valence-corrected chi connectivity index (χ0v) is 12.2. The van der Waals surface area contributed by atoms with Crippen LogP contribution in [-0.2, 0) is 0 Å². The lowest BCUT2D eigenvalue weighted by atomic mass is 10.1. The van der Waals surface area contributed by atoms with Crippen LogP contribution in [0.1, 0.15) is 18.5 Å². The Morgan fingerprint density at radius 2 is 1.81 bits per heavy atom. The molecule has 0 spiro atoms. The fourth-order valence-corrected chi connectivity index (χ4v) is 2.56. The van der Waals surface area contributed by atoms with E-state index in [2.05, 4.69) is 41.5 Å². The van der Waals surface area contributed by atoms with Crippen molar-refractivity contribution in [3.63, 3.8) is 0 Å². The fourth-order valence-electron chi connectivity index (χ4n) is 2.56. The van der Waals surface area contributed by atoms with Gasteiger partial charge in [0, 0.05) is 17.1 Å². The van der Waals surface area contributed by atoms with E-state index >= 15 is 0 Å². The van der Waals surface area contributed by atoms with Crippen LogP contribution in [0.25, 0.3) is 10.9 Å². The minimum Gasteiger partial charge on any atom is -0.496 e. The number of hydrogen-bond donors (Lipinski definition) is 1. The van der Waals surface area contributed by atoms with Crippen LogP contribution in [0.15, 0.2) is 60.8 Å². The third-order valence-corrected chi connectivity index (χ3v) is 3.61. The van der Waals surface area contributed by atoms with Crippen molar-refractivity contribution >= 4 is 16.6 Å². The van der Waals surface area contributed by atoms with Crippen LogP contribution in [0, 0.1) is 0 Å². The first-order chi connectivity index (χ1) is 10.3. The zero-order chi connectivity index (χ0) is 14.7. The van der Waals surface area contributed by atoms with Crippen molar-refractivity contribution in [2.75, 3.05) is 12.4 Å². The van der Waals surface area contributed by atoms with E-state index in [1.165, 1.54) is 0 Å². The minimum absolute atomic E-state index is 0.133. The van der Waals surface area contributed by atoms with Crippen LogP contribution in [0.2, 0.25) is 0 Å². The second-order valence-electron chi connectivity index (χ2n) is 4.99. The Morgan fingerprint density at radius 1 is 1.00 bits per heavy atom. The van der Waals surface area contributed by atoms with Crippen molar-refractivity contribution in [1.29, 1.82) is 0 Å². The largest absolute Gasteiger partial charge is 0.496 e. The molecule has 1 N–H and O–H groups in total. The van der Waals surface area contributed by atoms with Gasteiger partial charge < -0.3 is 10.1 Å². The topological polar surface area (TPSA) is 34.1 Å². The summed E-state index contributed by atoms with van der Waals surface area (Å²) in [7, 11) is 1.70. The molecule has 106 valence electrons. The quantitative estimate of drug-likeness (QED) is 0.767. The van der Waals surface area contributed by atoms with Crippen LogP contribution in [-0.4, -0.2) is 12.1 Å². The summed E-state index contributed by atoms with van der Waals surface area (Å²) in [5.41, 5.74) is 3.15. The standard InChI is InChI=1S/C18H18N2O/c1-13(15-9-3-4-11-17(15)21-2)20-16-10-5-7-14-8-6-12-19-18(14)16/h3-13,20H,1-2H3. The molecule has 0 aliphatic heterocycles. The van der Waals surface area contributed by atoms with Gasteiger partial charge in [0.1, 0.15) is 5.75 Å². The fraction of sp³-hybridized carbons (Fsp3) is 0.167. The lowest BCUT2D eigenvalue weighted by Crippen LogP contribution is -2.08. The highest BCUT2D eigenvalue weighted by Gasteiger charge is 2.12. The number of rotatable bonds is 4. The summed E-state index contributed by atoms with van der Waals surface area (Å²) >= 11 is 0. The molecule has 1 heterocycles. The predicted octanol–water partition coefficient (Wildman–Crippen LogP) is 4.42. The molecule has 2 aromatic carbocycles. The lowest BCUT2D eigenvalue weighted by Gasteiger charge is -2.19. The smallest absolute Gasteiger partial charge is 0.124 e. The first-order valence-corrected chi connectivity index (χ1v) is 7.03. The molecule has 1 unspecified atom stereocenters. The van der Waals surface area contributed by atoms with Gasteiger partial charge in [-0.05, 0) is 25.1 Å². The third kappa shape index (κ3) is 2.68. The number of ether oxygens (including phenoxy) is 1. The van der Waals surface area contributed by atoms with Crippen molar-refractivity contribution < 1.29 is 4.74 Å². The van der Waals surface area contributed by atoms with E-state index in [9.17, 15) is 0 Å². The number of benzene rings is 2. The van der Waals surface area contributed by atoms with Gasteiger partial charge in [-0.3, -0.25) is 4.98 Å². The third-order valence-electron chi connectivity index (χ3n) is 3.61. The number of para-hydroxylation sites is 2. The van der Waals surface area contributed by atoms with Gasteiger partial charge in [-0.25, -0.2) is 0 Å².